The Balaban J connectivity index is 1.48. The molecule has 1 aliphatic rings. The number of rotatable bonds is 14. The van der Waals surface area contributed by atoms with Crippen molar-refractivity contribution in [2.24, 2.45) is 11.8 Å². The Morgan fingerprint density at radius 2 is 1.35 bits per heavy atom. The second kappa shape index (κ2) is 14.5. The van der Waals surface area contributed by atoms with Gasteiger partial charge in [0.25, 0.3) is 0 Å². The predicted molar refractivity (Wildman–Crippen MR) is 139 cm³/mol. The number of aryl methyl sites for hydroxylation is 1. The van der Waals surface area contributed by atoms with Crippen molar-refractivity contribution in [3.8, 4) is 16.9 Å². The second-order valence-corrected chi connectivity index (χ2v) is 10.3. The monoisotopic (exact) mass is 470 g/mol. The Morgan fingerprint density at radius 1 is 0.706 bits per heavy atom. The molecule has 1 saturated carbocycles. The largest absolute Gasteiger partial charge is 0.494 e. The minimum atomic E-state index is -0.732. The second-order valence-electron chi connectivity index (χ2n) is 10.3. The van der Waals surface area contributed by atoms with E-state index >= 15 is 0 Å². The molecule has 3 heteroatoms. The number of hydrogen-bond donors (Lipinski definition) is 0. The maximum Gasteiger partial charge on any atom is 0.166 e. The van der Waals surface area contributed by atoms with Crippen molar-refractivity contribution in [2.75, 3.05) is 6.61 Å². The van der Waals surface area contributed by atoms with Crippen LogP contribution in [0, 0.1) is 23.5 Å². The Hall–Kier alpha value is -1.90. The van der Waals surface area contributed by atoms with E-state index in [0.717, 1.165) is 37.4 Å². The van der Waals surface area contributed by atoms with Crippen LogP contribution in [0.2, 0.25) is 0 Å². The lowest BCUT2D eigenvalue weighted by Gasteiger charge is -2.28. The van der Waals surface area contributed by atoms with E-state index in [1.54, 1.807) is 12.1 Å². The normalized spacial score (nSPS) is 18.2. The van der Waals surface area contributed by atoms with Gasteiger partial charge in [0.15, 0.2) is 11.6 Å². The Kier molecular flexibility index (Phi) is 11.4. The molecule has 0 bridgehead atoms. The minimum absolute atomic E-state index is 0.322. The van der Waals surface area contributed by atoms with Gasteiger partial charge in [0.05, 0.1) is 6.61 Å². The molecule has 188 valence electrons. The summed E-state index contributed by atoms with van der Waals surface area (Å²) in [4.78, 5) is 0. The van der Waals surface area contributed by atoms with Crippen LogP contribution in [0.5, 0.6) is 5.75 Å². The molecule has 0 aliphatic heterocycles. The van der Waals surface area contributed by atoms with Crippen LogP contribution in [-0.4, -0.2) is 6.61 Å². The molecule has 0 radical (unpaired) electrons. The molecule has 1 fully saturated rings. The zero-order valence-corrected chi connectivity index (χ0v) is 21.4. The molecule has 0 N–H and O–H groups in total. The highest BCUT2D eigenvalue weighted by Crippen LogP contribution is 2.35. The number of hydrogen-bond acceptors (Lipinski definition) is 1. The van der Waals surface area contributed by atoms with E-state index in [9.17, 15) is 8.78 Å². The van der Waals surface area contributed by atoms with Crippen molar-refractivity contribution in [3.63, 3.8) is 0 Å². The Morgan fingerprint density at radius 3 is 2.03 bits per heavy atom. The van der Waals surface area contributed by atoms with Gasteiger partial charge >= 0.3 is 0 Å². The quantitative estimate of drug-likeness (QED) is 0.250. The van der Waals surface area contributed by atoms with Crippen LogP contribution >= 0.6 is 0 Å². The lowest BCUT2D eigenvalue weighted by atomic mass is 9.77. The molecule has 3 rings (SSSR count). The van der Waals surface area contributed by atoms with Gasteiger partial charge in [-0.3, -0.25) is 0 Å². The first-order chi connectivity index (χ1) is 16.6. The zero-order chi connectivity index (χ0) is 24.2. The number of ether oxygens (including phenoxy) is 1. The summed E-state index contributed by atoms with van der Waals surface area (Å²) in [6.45, 7) is 5.11. The molecule has 0 heterocycles. The molecule has 0 aromatic heterocycles. The molecule has 34 heavy (non-hydrogen) atoms. The number of unbranched alkanes of at least 4 members (excludes halogenated alkanes) is 5. The van der Waals surface area contributed by atoms with Gasteiger partial charge in [-0.15, -0.1) is 0 Å². The first-order valence-electron chi connectivity index (χ1n) is 13.8. The summed E-state index contributed by atoms with van der Waals surface area (Å²) in [5, 5.41) is 0. The van der Waals surface area contributed by atoms with Crippen LogP contribution < -0.4 is 4.74 Å². The molecule has 0 atom stereocenters. The summed E-state index contributed by atoms with van der Waals surface area (Å²) in [6.07, 6.45) is 16.8. The summed E-state index contributed by atoms with van der Waals surface area (Å²) < 4.78 is 35.5. The van der Waals surface area contributed by atoms with Gasteiger partial charge < -0.3 is 4.74 Å². The van der Waals surface area contributed by atoms with Crippen molar-refractivity contribution < 1.29 is 13.5 Å². The van der Waals surface area contributed by atoms with Crippen LogP contribution in [0.25, 0.3) is 11.1 Å². The van der Waals surface area contributed by atoms with E-state index in [1.165, 1.54) is 57.8 Å². The van der Waals surface area contributed by atoms with Crippen LogP contribution in [0.4, 0.5) is 8.78 Å². The number of benzene rings is 2. The molecular weight excluding hydrogens is 426 g/mol. The molecule has 0 spiro atoms. The molecule has 2 aromatic carbocycles. The fourth-order valence-electron chi connectivity index (χ4n) is 5.31. The molecule has 0 unspecified atom stereocenters. The minimum Gasteiger partial charge on any atom is -0.494 e. The molecule has 0 amide bonds. The predicted octanol–water partition coefficient (Wildman–Crippen LogP) is 9.91. The average Bonchev–Trinajstić information content (AvgIpc) is 2.87. The van der Waals surface area contributed by atoms with E-state index < -0.39 is 11.6 Å². The van der Waals surface area contributed by atoms with Crippen LogP contribution in [-0.2, 0) is 6.42 Å². The van der Waals surface area contributed by atoms with Crippen molar-refractivity contribution >= 4 is 0 Å². The van der Waals surface area contributed by atoms with Gasteiger partial charge in [-0.25, -0.2) is 8.78 Å². The van der Waals surface area contributed by atoms with Crippen LogP contribution in [0.3, 0.4) is 0 Å². The Bertz CT molecular complexity index is 837. The highest BCUT2D eigenvalue weighted by molar-refractivity contribution is 5.65. The van der Waals surface area contributed by atoms with E-state index in [4.69, 9.17) is 4.74 Å². The van der Waals surface area contributed by atoms with E-state index in [0.29, 0.717) is 35.6 Å². The van der Waals surface area contributed by atoms with E-state index in [1.807, 2.05) is 24.3 Å². The molecule has 1 aliphatic carbocycles. The summed E-state index contributed by atoms with van der Waals surface area (Å²) >= 11 is 0. The summed E-state index contributed by atoms with van der Waals surface area (Å²) in [7, 11) is 0. The van der Waals surface area contributed by atoms with Crippen molar-refractivity contribution in [1.82, 2.24) is 0 Å². The molecule has 0 saturated heterocycles. The fourth-order valence-corrected chi connectivity index (χ4v) is 5.31. The maximum atomic E-state index is 14.9. The lowest BCUT2D eigenvalue weighted by molar-refractivity contribution is 0.248. The summed E-state index contributed by atoms with van der Waals surface area (Å²) in [5.41, 5.74) is 1.52. The highest BCUT2D eigenvalue weighted by atomic mass is 19.2. The molecular formula is C31H44F2O. The third-order valence-corrected chi connectivity index (χ3v) is 7.60. The smallest absolute Gasteiger partial charge is 0.166 e. The van der Waals surface area contributed by atoms with Crippen LogP contribution in [0.15, 0.2) is 36.4 Å². The van der Waals surface area contributed by atoms with Crippen molar-refractivity contribution in [1.29, 1.82) is 0 Å². The van der Waals surface area contributed by atoms with E-state index in [2.05, 4.69) is 13.8 Å². The summed E-state index contributed by atoms with van der Waals surface area (Å²) in [5.74, 6) is 0.897. The Labute approximate surface area is 206 Å². The first-order valence-corrected chi connectivity index (χ1v) is 13.8. The average molecular weight is 471 g/mol. The van der Waals surface area contributed by atoms with Gasteiger partial charge in [0, 0.05) is 5.56 Å². The van der Waals surface area contributed by atoms with Crippen molar-refractivity contribution in [2.45, 2.75) is 104 Å². The topological polar surface area (TPSA) is 9.23 Å². The maximum absolute atomic E-state index is 14.9. The SMILES string of the molecule is CCCCCCC1CCC(CCc2ccc(-c3ccc(OCCCCC)cc3)c(F)c2F)CC1. The highest BCUT2D eigenvalue weighted by Gasteiger charge is 2.22. The van der Waals surface area contributed by atoms with Gasteiger partial charge in [0.2, 0.25) is 0 Å². The van der Waals surface area contributed by atoms with Crippen LogP contribution in [0.1, 0.15) is 103 Å². The van der Waals surface area contributed by atoms with Crippen molar-refractivity contribution in [3.05, 3.63) is 53.6 Å². The summed E-state index contributed by atoms with van der Waals surface area (Å²) in [6, 6.07) is 10.8. The van der Waals surface area contributed by atoms with Gasteiger partial charge in [-0.1, -0.05) is 109 Å². The third kappa shape index (κ3) is 8.10. The zero-order valence-electron chi connectivity index (χ0n) is 21.4. The fraction of sp³-hybridized carbons (Fsp3) is 0.613. The number of halogens is 2. The van der Waals surface area contributed by atoms with E-state index in [-0.39, 0.29) is 0 Å². The lowest BCUT2D eigenvalue weighted by Crippen LogP contribution is -2.15. The standard InChI is InChI=1S/C31H44F2O/c1-3-5-7-8-10-24-11-13-25(14-12-24)15-16-27-19-22-29(31(33)30(27)32)26-17-20-28(21-18-26)34-23-9-6-4-2/h17-22,24-25H,3-16,23H2,1-2H3. The van der Waals surface area contributed by atoms with Gasteiger partial charge in [-0.05, 0) is 54.4 Å². The third-order valence-electron chi connectivity index (χ3n) is 7.60. The van der Waals surface area contributed by atoms with Gasteiger partial charge in [-0.2, -0.15) is 0 Å². The molecule has 1 nitrogen and oxygen atoms in total. The van der Waals surface area contributed by atoms with Gasteiger partial charge in [0.1, 0.15) is 5.75 Å². The first kappa shape index (κ1) is 26.7. The molecule has 2 aromatic rings.